The van der Waals surface area contributed by atoms with Crippen molar-refractivity contribution >= 4 is 23.5 Å². The molecule has 1 aliphatic rings. The lowest BCUT2D eigenvalue weighted by atomic mass is 10.1. The van der Waals surface area contributed by atoms with Crippen LogP contribution in [-0.2, 0) is 4.79 Å². The summed E-state index contributed by atoms with van der Waals surface area (Å²) < 4.78 is 10.3. The summed E-state index contributed by atoms with van der Waals surface area (Å²) in [5, 5.41) is 11.6. The number of fused-ring (bicyclic) bond motifs is 1. The van der Waals surface area contributed by atoms with Gasteiger partial charge in [-0.25, -0.2) is 4.79 Å². The molecule has 1 aliphatic heterocycles. The van der Waals surface area contributed by atoms with Crippen LogP contribution in [0.3, 0.4) is 0 Å². The van der Waals surface area contributed by atoms with Crippen LogP contribution in [0.2, 0.25) is 5.02 Å². The number of carboxylic acids is 1. The third-order valence-corrected chi connectivity index (χ3v) is 2.98. The number of carbonyl (C=O) groups excluding carboxylic acids is 1. The topological polar surface area (TPSA) is 84.9 Å². The van der Waals surface area contributed by atoms with Crippen LogP contribution in [0.15, 0.2) is 24.8 Å². The average Bonchev–Trinajstić information content (AvgIpc) is 2.86. The van der Waals surface area contributed by atoms with Gasteiger partial charge in [0, 0.05) is 5.56 Å². The monoisotopic (exact) mass is 297 g/mol. The van der Waals surface area contributed by atoms with E-state index in [1.807, 2.05) is 0 Å². The van der Waals surface area contributed by atoms with E-state index in [-0.39, 0.29) is 23.8 Å². The number of hydrogen-bond acceptors (Lipinski definition) is 4. The van der Waals surface area contributed by atoms with Crippen LogP contribution in [0.25, 0.3) is 0 Å². The zero-order valence-electron chi connectivity index (χ0n) is 10.4. The Balaban J connectivity index is 2.19. The molecule has 1 amide bonds. The maximum absolute atomic E-state index is 12.0. The summed E-state index contributed by atoms with van der Waals surface area (Å²) in [6, 6.07) is 1.82. The van der Waals surface area contributed by atoms with Gasteiger partial charge in [-0.15, -0.1) is 6.58 Å². The van der Waals surface area contributed by atoms with Gasteiger partial charge in [-0.05, 0) is 18.6 Å². The van der Waals surface area contributed by atoms with E-state index >= 15 is 0 Å². The number of carbonyl (C=O) groups is 2. The molecule has 0 saturated carbocycles. The minimum Gasteiger partial charge on any atom is -0.480 e. The summed E-state index contributed by atoms with van der Waals surface area (Å²) in [4.78, 5) is 23.0. The summed E-state index contributed by atoms with van der Waals surface area (Å²) in [5.74, 6) is -0.952. The third kappa shape index (κ3) is 2.85. The van der Waals surface area contributed by atoms with Crippen molar-refractivity contribution in [1.29, 1.82) is 0 Å². The molecule has 106 valence electrons. The summed E-state index contributed by atoms with van der Waals surface area (Å²) in [6.45, 7) is 3.49. The number of amides is 1. The van der Waals surface area contributed by atoms with Gasteiger partial charge in [0.15, 0.2) is 11.5 Å². The SMILES string of the molecule is C=CCC(NC(=O)c1cc(Cl)c2c(c1)OCO2)C(=O)O. The van der Waals surface area contributed by atoms with Crippen LogP contribution >= 0.6 is 11.6 Å². The summed E-state index contributed by atoms with van der Waals surface area (Å²) in [7, 11) is 0. The Kier molecular flexibility index (Phi) is 4.14. The predicted molar refractivity (Wildman–Crippen MR) is 71.3 cm³/mol. The van der Waals surface area contributed by atoms with Crippen molar-refractivity contribution in [2.45, 2.75) is 12.5 Å². The van der Waals surface area contributed by atoms with Crippen molar-refractivity contribution in [2.24, 2.45) is 0 Å². The Hall–Kier alpha value is -2.21. The average molecular weight is 298 g/mol. The molecule has 0 fully saturated rings. The van der Waals surface area contributed by atoms with Crippen LogP contribution in [0.4, 0.5) is 0 Å². The molecule has 1 aromatic carbocycles. The first-order chi connectivity index (χ1) is 9.52. The Morgan fingerprint density at radius 1 is 1.50 bits per heavy atom. The lowest BCUT2D eigenvalue weighted by molar-refractivity contribution is -0.139. The fourth-order valence-electron chi connectivity index (χ4n) is 1.73. The molecule has 0 bridgehead atoms. The zero-order valence-corrected chi connectivity index (χ0v) is 11.1. The normalized spacial score (nSPS) is 13.7. The van der Waals surface area contributed by atoms with Crippen LogP contribution in [0.5, 0.6) is 11.5 Å². The molecule has 0 radical (unpaired) electrons. The van der Waals surface area contributed by atoms with Gasteiger partial charge in [-0.3, -0.25) is 4.79 Å². The van der Waals surface area contributed by atoms with Gasteiger partial charge in [0.25, 0.3) is 5.91 Å². The molecule has 2 rings (SSSR count). The smallest absolute Gasteiger partial charge is 0.326 e. The van der Waals surface area contributed by atoms with E-state index in [1.54, 1.807) is 0 Å². The molecule has 1 unspecified atom stereocenters. The molecule has 0 spiro atoms. The number of hydrogen-bond donors (Lipinski definition) is 2. The quantitative estimate of drug-likeness (QED) is 0.810. The molecule has 0 saturated heterocycles. The Morgan fingerprint density at radius 3 is 2.90 bits per heavy atom. The van der Waals surface area contributed by atoms with Crippen LogP contribution in [0, 0.1) is 0 Å². The summed E-state index contributed by atoms with van der Waals surface area (Å²) in [5.41, 5.74) is 0.203. The third-order valence-electron chi connectivity index (χ3n) is 2.70. The molecule has 1 atom stereocenters. The van der Waals surface area contributed by atoms with Crippen molar-refractivity contribution in [2.75, 3.05) is 6.79 Å². The summed E-state index contributed by atoms with van der Waals surface area (Å²) in [6.07, 6.45) is 1.55. The number of carboxylic acid groups (broad SMARTS) is 1. The van der Waals surface area contributed by atoms with E-state index in [4.69, 9.17) is 26.2 Å². The van der Waals surface area contributed by atoms with Gasteiger partial charge in [-0.1, -0.05) is 17.7 Å². The highest BCUT2D eigenvalue weighted by Gasteiger charge is 2.23. The first-order valence-corrected chi connectivity index (χ1v) is 6.14. The van der Waals surface area contributed by atoms with Gasteiger partial charge >= 0.3 is 5.97 Å². The molecule has 20 heavy (non-hydrogen) atoms. The van der Waals surface area contributed by atoms with Crippen LogP contribution in [0.1, 0.15) is 16.8 Å². The van der Waals surface area contributed by atoms with Crippen molar-refractivity contribution in [3.63, 3.8) is 0 Å². The molecule has 7 heteroatoms. The predicted octanol–water partition coefficient (Wildman–Crippen LogP) is 1.83. The van der Waals surface area contributed by atoms with Gasteiger partial charge in [-0.2, -0.15) is 0 Å². The van der Waals surface area contributed by atoms with E-state index in [9.17, 15) is 9.59 Å². The van der Waals surface area contributed by atoms with Gasteiger partial charge in [0.1, 0.15) is 6.04 Å². The largest absolute Gasteiger partial charge is 0.480 e. The first-order valence-electron chi connectivity index (χ1n) is 5.76. The second kappa shape index (κ2) is 5.83. The minimum atomic E-state index is -1.13. The highest BCUT2D eigenvalue weighted by Crippen LogP contribution is 2.39. The first kappa shape index (κ1) is 14.2. The second-order valence-electron chi connectivity index (χ2n) is 4.08. The maximum Gasteiger partial charge on any atom is 0.326 e. The van der Waals surface area contributed by atoms with E-state index in [0.29, 0.717) is 11.5 Å². The molecular formula is C13H12ClNO5. The highest BCUT2D eigenvalue weighted by molar-refractivity contribution is 6.32. The Bertz CT molecular complexity index is 572. The van der Waals surface area contributed by atoms with E-state index in [2.05, 4.69) is 11.9 Å². The fraction of sp³-hybridized carbons (Fsp3) is 0.231. The Labute approximate surface area is 119 Å². The zero-order chi connectivity index (χ0) is 14.7. The second-order valence-corrected chi connectivity index (χ2v) is 4.49. The highest BCUT2D eigenvalue weighted by atomic mass is 35.5. The van der Waals surface area contributed by atoms with E-state index < -0.39 is 17.9 Å². The maximum atomic E-state index is 12.0. The van der Waals surface area contributed by atoms with Gasteiger partial charge in [0.2, 0.25) is 6.79 Å². The standard InChI is InChI=1S/C13H12ClNO5/c1-2-3-9(13(17)18)15-12(16)7-4-8(14)11-10(5-7)19-6-20-11/h2,4-5,9H,1,3,6H2,(H,15,16)(H,17,18). The number of rotatable bonds is 5. The van der Waals surface area contributed by atoms with Crippen molar-refractivity contribution in [3.8, 4) is 11.5 Å². The number of aliphatic carboxylic acids is 1. The number of benzene rings is 1. The van der Waals surface area contributed by atoms with Gasteiger partial charge in [0.05, 0.1) is 5.02 Å². The van der Waals surface area contributed by atoms with Crippen LogP contribution in [-0.4, -0.2) is 29.8 Å². The molecule has 0 aromatic heterocycles. The fourth-order valence-corrected chi connectivity index (χ4v) is 1.99. The molecule has 1 aromatic rings. The number of ether oxygens (including phenoxy) is 2. The molecule has 2 N–H and O–H groups in total. The lowest BCUT2D eigenvalue weighted by Gasteiger charge is -2.13. The number of nitrogens with one attached hydrogen (secondary N) is 1. The van der Waals surface area contributed by atoms with Gasteiger partial charge < -0.3 is 19.9 Å². The Morgan fingerprint density at radius 2 is 2.25 bits per heavy atom. The van der Waals surface area contributed by atoms with Crippen molar-refractivity contribution in [1.82, 2.24) is 5.32 Å². The molecule has 0 aliphatic carbocycles. The minimum absolute atomic E-state index is 0.0361. The molecular weight excluding hydrogens is 286 g/mol. The van der Waals surface area contributed by atoms with Crippen molar-refractivity contribution in [3.05, 3.63) is 35.4 Å². The lowest BCUT2D eigenvalue weighted by Crippen LogP contribution is -2.40. The molecule has 1 heterocycles. The summed E-state index contributed by atoms with van der Waals surface area (Å²) >= 11 is 5.96. The van der Waals surface area contributed by atoms with Crippen molar-refractivity contribution < 1.29 is 24.2 Å². The van der Waals surface area contributed by atoms with Crippen LogP contribution < -0.4 is 14.8 Å². The van der Waals surface area contributed by atoms with E-state index in [1.165, 1.54) is 18.2 Å². The van der Waals surface area contributed by atoms with E-state index in [0.717, 1.165) is 0 Å². The number of halogens is 1. The molecule has 6 nitrogen and oxygen atoms in total.